The van der Waals surface area contributed by atoms with Gasteiger partial charge < -0.3 is 4.74 Å². The Hall–Kier alpha value is -4.04. The van der Waals surface area contributed by atoms with Gasteiger partial charge in [0.2, 0.25) is 5.13 Å². The second kappa shape index (κ2) is 9.64. The van der Waals surface area contributed by atoms with E-state index in [1.54, 1.807) is 18.3 Å². The van der Waals surface area contributed by atoms with Gasteiger partial charge in [0, 0.05) is 23.1 Å². The topological polar surface area (TPSA) is 89.7 Å². The third kappa shape index (κ3) is 5.52. The molecule has 1 aromatic heterocycles. The predicted molar refractivity (Wildman–Crippen MR) is 123 cm³/mol. The first kappa shape index (κ1) is 20.2. The van der Waals surface area contributed by atoms with Crippen LogP contribution in [0.15, 0.2) is 89.3 Å². The molecule has 0 aliphatic heterocycles. The van der Waals surface area contributed by atoms with E-state index in [4.69, 9.17) is 4.74 Å². The Labute approximate surface area is 182 Å². The molecule has 0 aliphatic carbocycles. The molecule has 0 atom stereocenters. The highest BCUT2D eigenvalue weighted by Gasteiger charge is 2.09. The number of hydrogen-bond acceptors (Lipinski definition) is 7. The molecule has 4 rings (SSSR count). The van der Waals surface area contributed by atoms with Crippen molar-refractivity contribution in [3.63, 3.8) is 0 Å². The molecule has 0 saturated heterocycles. The minimum atomic E-state index is -0.420. The Morgan fingerprint density at radius 1 is 1.06 bits per heavy atom. The number of hydrazone groups is 1. The van der Waals surface area contributed by atoms with Gasteiger partial charge in [-0.25, -0.2) is 4.98 Å². The summed E-state index contributed by atoms with van der Waals surface area (Å²) in [6.45, 7) is 0.499. The number of ether oxygens (including phenoxy) is 1. The van der Waals surface area contributed by atoms with Crippen LogP contribution < -0.4 is 10.2 Å². The largest absolute Gasteiger partial charge is 0.489 e. The Balaban J connectivity index is 1.37. The van der Waals surface area contributed by atoms with E-state index >= 15 is 0 Å². The molecule has 0 unspecified atom stereocenters. The van der Waals surface area contributed by atoms with E-state index in [1.807, 2.05) is 60.0 Å². The van der Waals surface area contributed by atoms with Gasteiger partial charge in [0.1, 0.15) is 12.4 Å². The second-order valence-corrected chi connectivity index (χ2v) is 7.42. The maximum atomic E-state index is 11.0. The summed E-state index contributed by atoms with van der Waals surface area (Å²) in [7, 11) is 0. The van der Waals surface area contributed by atoms with Crippen LogP contribution in [-0.4, -0.2) is 16.1 Å². The maximum absolute atomic E-state index is 11.0. The van der Waals surface area contributed by atoms with Gasteiger partial charge in [0.05, 0.1) is 16.8 Å². The third-order valence-electron chi connectivity index (χ3n) is 4.34. The van der Waals surface area contributed by atoms with Gasteiger partial charge in [-0.2, -0.15) is 5.10 Å². The molecule has 8 heteroatoms. The number of nitrogens with zero attached hydrogens (tertiary/aromatic N) is 3. The molecule has 3 aromatic carbocycles. The van der Waals surface area contributed by atoms with E-state index in [1.165, 1.54) is 23.5 Å². The molecule has 7 nitrogen and oxygen atoms in total. The number of nitro benzene ring substituents is 1. The molecule has 0 amide bonds. The van der Waals surface area contributed by atoms with Crippen molar-refractivity contribution in [3.8, 4) is 17.0 Å². The number of nitrogens with one attached hydrogen (secondary N) is 1. The van der Waals surface area contributed by atoms with Gasteiger partial charge >= 0.3 is 0 Å². The van der Waals surface area contributed by atoms with Crippen LogP contribution in [-0.2, 0) is 6.61 Å². The van der Waals surface area contributed by atoms with E-state index in [0.29, 0.717) is 23.0 Å². The lowest BCUT2D eigenvalue weighted by Crippen LogP contribution is -1.96. The summed E-state index contributed by atoms with van der Waals surface area (Å²) >= 11 is 1.37. The number of hydrogen-bond donors (Lipinski definition) is 1. The molecular formula is C23H18N4O3S. The van der Waals surface area contributed by atoms with Gasteiger partial charge in [-0.1, -0.05) is 54.6 Å². The molecule has 0 bridgehead atoms. The summed E-state index contributed by atoms with van der Waals surface area (Å²) in [5, 5.41) is 17.6. The summed E-state index contributed by atoms with van der Waals surface area (Å²) in [5.41, 5.74) is 6.26. The maximum Gasteiger partial charge on any atom is 0.270 e. The van der Waals surface area contributed by atoms with Gasteiger partial charge in [-0.15, -0.1) is 11.3 Å². The van der Waals surface area contributed by atoms with Crippen molar-refractivity contribution in [1.82, 2.24) is 4.98 Å². The highest BCUT2D eigenvalue weighted by atomic mass is 32.1. The molecule has 1 N–H and O–H groups in total. The van der Waals surface area contributed by atoms with Crippen molar-refractivity contribution in [2.75, 3.05) is 5.43 Å². The fraction of sp³-hybridized carbons (Fsp3) is 0.0435. The number of anilines is 1. The van der Waals surface area contributed by atoms with Crippen molar-refractivity contribution in [2.45, 2.75) is 6.61 Å². The lowest BCUT2D eigenvalue weighted by molar-refractivity contribution is -0.384. The number of rotatable bonds is 8. The summed E-state index contributed by atoms with van der Waals surface area (Å²) in [6.07, 6.45) is 1.68. The summed E-state index contributed by atoms with van der Waals surface area (Å²) in [4.78, 5) is 15.0. The highest BCUT2D eigenvalue weighted by Crippen LogP contribution is 2.27. The number of nitro groups is 1. The Morgan fingerprint density at radius 2 is 1.90 bits per heavy atom. The van der Waals surface area contributed by atoms with Crippen LogP contribution in [0.1, 0.15) is 11.1 Å². The van der Waals surface area contributed by atoms with E-state index in [0.717, 1.165) is 16.9 Å². The number of benzene rings is 3. The quantitative estimate of drug-likeness (QED) is 0.219. The zero-order chi connectivity index (χ0) is 21.5. The smallest absolute Gasteiger partial charge is 0.270 e. The number of thiazole rings is 1. The zero-order valence-electron chi connectivity index (χ0n) is 16.3. The molecule has 0 fully saturated rings. The van der Waals surface area contributed by atoms with Crippen LogP contribution in [0.25, 0.3) is 11.3 Å². The first-order valence-electron chi connectivity index (χ1n) is 9.43. The van der Waals surface area contributed by atoms with Crippen LogP contribution in [0.2, 0.25) is 0 Å². The lowest BCUT2D eigenvalue weighted by atomic mass is 10.1. The van der Waals surface area contributed by atoms with Crippen LogP contribution in [0.5, 0.6) is 5.75 Å². The van der Waals surface area contributed by atoms with Crippen LogP contribution >= 0.6 is 11.3 Å². The van der Waals surface area contributed by atoms with Crippen molar-refractivity contribution in [2.24, 2.45) is 5.10 Å². The lowest BCUT2D eigenvalue weighted by Gasteiger charge is -2.06. The fourth-order valence-electron chi connectivity index (χ4n) is 2.82. The molecule has 0 spiro atoms. The molecule has 4 aromatic rings. The second-order valence-electron chi connectivity index (χ2n) is 6.56. The monoisotopic (exact) mass is 430 g/mol. The predicted octanol–water partition coefficient (Wildman–Crippen LogP) is 5.74. The minimum absolute atomic E-state index is 0.0346. The van der Waals surface area contributed by atoms with Crippen molar-refractivity contribution in [1.29, 1.82) is 0 Å². The summed E-state index contributed by atoms with van der Waals surface area (Å²) < 4.78 is 5.84. The molecular weight excluding hydrogens is 412 g/mol. The SMILES string of the molecule is O=[N+]([O-])c1cccc(-c2csc(N/N=C/c3cccc(OCc4ccccc4)c3)n2)c1. The standard InChI is InChI=1S/C23H18N4O3S/c28-27(29)20-10-5-9-19(13-20)22-16-31-23(25-22)26-24-14-18-8-4-11-21(12-18)30-15-17-6-2-1-3-7-17/h1-14,16H,15H2,(H,25,26)/b24-14+. The van der Waals surface area contributed by atoms with E-state index in [2.05, 4.69) is 15.5 Å². The van der Waals surface area contributed by atoms with E-state index < -0.39 is 4.92 Å². The van der Waals surface area contributed by atoms with E-state index in [9.17, 15) is 10.1 Å². The average Bonchev–Trinajstić information content (AvgIpc) is 3.28. The molecule has 0 aliphatic rings. The van der Waals surface area contributed by atoms with Crippen LogP contribution in [0, 0.1) is 10.1 Å². The van der Waals surface area contributed by atoms with Gasteiger partial charge in [-0.05, 0) is 23.3 Å². The zero-order valence-corrected chi connectivity index (χ0v) is 17.2. The normalized spacial score (nSPS) is 10.8. The first-order valence-corrected chi connectivity index (χ1v) is 10.3. The Kier molecular flexibility index (Phi) is 6.29. The Morgan fingerprint density at radius 3 is 2.74 bits per heavy atom. The Bertz CT molecular complexity index is 1210. The number of aromatic nitrogens is 1. The van der Waals surface area contributed by atoms with Gasteiger partial charge in [0.15, 0.2) is 0 Å². The fourth-order valence-corrected chi connectivity index (χ4v) is 3.49. The number of non-ortho nitro benzene ring substituents is 1. The van der Waals surface area contributed by atoms with E-state index in [-0.39, 0.29) is 5.69 Å². The first-order chi connectivity index (χ1) is 15.2. The summed E-state index contributed by atoms with van der Waals surface area (Å²) in [5.74, 6) is 0.759. The minimum Gasteiger partial charge on any atom is -0.489 e. The third-order valence-corrected chi connectivity index (χ3v) is 5.08. The van der Waals surface area contributed by atoms with Gasteiger partial charge in [-0.3, -0.25) is 15.5 Å². The molecule has 1 heterocycles. The van der Waals surface area contributed by atoms with Crippen LogP contribution in [0.4, 0.5) is 10.8 Å². The molecule has 0 radical (unpaired) electrons. The molecule has 31 heavy (non-hydrogen) atoms. The van der Waals surface area contributed by atoms with Crippen LogP contribution in [0.3, 0.4) is 0 Å². The molecule has 154 valence electrons. The highest BCUT2D eigenvalue weighted by molar-refractivity contribution is 7.14. The molecule has 0 saturated carbocycles. The summed E-state index contributed by atoms with van der Waals surface area (Å²) in [6, 6.07) is 24.0. The van der Waals surface area contributed by atoms with Crippen molar-refractivity contribution in [3.05, 3.63) is 105 Å². The van der Waals surface area contributed by atoms with Crippen molar-refractivity contribution >= 4 is 28.4 Å². The van der Waals surface area contributed by atoms with Crippen molar-refractivity contribution < 1.29 is 9.66 Å². The average molecular weight is 430 g/mol. The van der Waals surface area contributed by atoms with Gasteiger partial charge in [0.25, 0.3) is 5.69 Å².